The third-order valence-electron chi connectivity index (χ3n) is 5.17. The average Bonchev–Trinajstić information content (AvgIpc) is 2.70. The highest BCUT2D eigenvalue weighted by Crippen LogP contribution is 2.34. The molecule has 148 valence electrons. The number of aromatic hydroxyl groups is 2. The van der Waals surface area contributed by atoms with E-state index >= 15 is 0 Å². The summed E-state index contributed by atoms with van der Waals surface area (Å²) in [6, 6.07) is 9.30. The van der Waals surface area contributed by atoms with E-state index in [4.69, 9.17) is 11.6 Å². The minimum Gasteiger partial charge on any atom is -0.507 e. The van der Waals surface area contributed by atoms with Crippen molar-refractivity contribution in [2.75, 3.05) is 13.1 Å². The summed E-state index contributed by atoms with van der Waals surface area (Å²) in [5, 5.41) is 19.8. The van der Waals surface area contributed by atoms with Crippen molar-refractivity contribution in [2.45, 2.75) is 32.9 Å². The van der Waals surface area contributed by atoms with Gasteiger partial charge in [0, 0.05) is 32.1 Å². The maximum atomic E-state index is 13.3. The van der Waals surface area contributed by atoms with Gasteiger partial charge in [0.05, 0.1) is 10.6 Å². The Morgan fingerprint density at radius 3 is 2.39 bits per heavy atom. The van der Waals surface area contributed by atoms with Gasteiger partial charge in [-0.25, -0.2) is 0 Å². The largest absolute Gasteiger partial charge is 0.507 e. The van der Waals surface area contributed by atoms with Crippen LogP contribution in [0.15, 0.2) is 36.4 Å². The molecular weight excluding hydrogens is 380 g/mol. The normalized spacial score (nSPS) is 15.8. The third kappa shape index (κ3) is 3.64. The van der Waals surface area contributed by atoms with Crippen molar-refractivity contribution < 1.29 is 19.8 Å². The molecule has 0 aromatic heterocycles. The van der Waals surface area contributed by atoms with Crippen molar-refractivity contribution in [3.05, 3.63) is 58.1 Å². The summed E-state index contributed by atoms with van der Waals surface area (Å²) in [5.74, 6) is -1.31. The number of rotatable bonds is 4. The molecule has 0 saturated heterocycles. The predicted molar refractivity (Wildman–Crippen MR) is 107 cm³/mol. The Kier molecular flexibility index (Phi) is 5.79. The van der Waals surface area contributed by atoms with Crippen LogP contribution >= 0.6 is 11.6 Å². The molecule has 3 rings (SSSR count). The highest BCUT2D eigenvalue weighted by Gasteiger charge is 2.37. The number of carbonyl (C=O) groups is 2. The highest BCUT2D eigenvalue weighted by atomic mass is 35.5. The summed E-state index contributed by atoms with van der Waals surface area (Å²) in [6.07, 6.45) is 0.407. The summed E-state index contributed by atoms with van der Waals surface area (Å²) < 4.78 is 0. The van der Waals surface area contributed by atoms with Gasteiger partial charge in [-0.05, 0) is 31.0 Å². The van der Waals surface area contributed by atoms with Crippen molar-refractivity contribution in [3.63, 3.8) is 0 Å². The Morgan fingerprint density at radius 2 is 1.75 bits per heavy atom. The Morgan fingerprint density at radius 1 is 1.11 bits per heavy atom. The molecule has 28 heavy (non-hydrogen) atoms. The van der Waals surface area contributed by atoms with Crippen LogP contribution in [-0.2, 0) is 17.8 Å². The summed E-state index contributed by atoms with van der Waals surface area (Å²) in [4.78, 5) is 29.6. The molecule has 0 unspecified atom stereocenters. The van der Waals surface area contributed by atoms with Crippen LogP contribution in [0.5, 0.6) is 11.5 Å². The quantitative estimate of drug-likeness (QED) is 0.823. The fraction of sp³-hybridized carbons (Fsp3) is 0.333. The second kappa shape index (κ2) is 8.10. The van der Waals surface area contributed by atoms with Crippen LogP contribution in [0.25, 0.3) is 0 Å². The van der Waals surface area contributed by atoms with Crippen LogP contribution in [-0.4, -0.2) is 51.0 Å². The minimum atomic E-state index is -0.672. The number of benzene rings is 2. The predicted octanol–water partition coefficient (Wildman–Crippen LogP) is 3.19. The maximum Gasteiger partial charge on any atom is 0.258 e. The third-order valence-corrected chi connectivity index (χ3v) is 5.47. The lowest BCUT2D eigenvalue weighted by Gasteiger charge is -2.38. The van der Waals surface area contributed by atoms with Crippen LogP contribution in [0.3, 0.4) is 0 Å². The Balaban J connectivity index is 2.03. The first-order valence-corrected chi connectivity index (χ1v) is 9.63. The zero-order valence-electron chi connectivity index (χ0n) is 15.9. The number of hydrogen-bond acceptors (Lipinski definition) is 4. The van der Waals surface area contributed by atoms with Gasteiger partial charge >= 0.3 is 0 Å². The number of carbonyl (C=O) groups excluding carboxylic acids is 2. The van der Waals surface area contributed by atoms with E-state index in [2.05, 4.69) is 0 Å². The number of nitrogens with zero attached hydrogens (tertiary/aromatic N) is 2. The highest BCUT2D eigenvalue weighted by molar-refractivity contribution is 6.32. The molecule has 1 heterocycles. The molecule has 1 aliphatic rings. The van der Waals surface area contributed by atoms with Gasteiger partial charge in [-0.15, -0.1) is 0 Å². The fourth-order valence-corrected chi connectivity index (χ4v) is 3.74. The van der Waals surface area contributed by atoms with E-state index in [0.29, 0.717) is 19.5 Å². The number of halogens is 1. The number of phenolic OH excluding ortho intramolecular Hbond substituents is 2. The van der Waals surface area contributed by atoms with Crippen molar-refractivity contribution in [1.29, 1.82) is 0 Å². The molecule has 0 saturated carbocycles. The van der Waals surface area contributed by atoms with E-state index in [1.54, 1.807) is 4.90 Å². The summed E-state index contributed by atoms with van der Waals surface area (Å²) in [7, 11) is 0. The molecule has 2 amide bonds. The van der Waals surface area contributed by atoms with Gasteiger partial charge in [0.15, 0.2) is 0 Å². The second-order valence-corrected chi connectivity index (χ2v) is 7.16. The van der Waals surface area contributed by atoms with Gasteiger partial charge in [-0.1, -0.05) is 35.9 Å². The lowest BCUT2D eigenvalue weighted by molar-refractivity contribution is -0.136. The zero-order chi connectivity index (χ0) is 20.4. The minimum absolute atomic E-state index is 0.0369. The molecule has 0 spiro atoms. The Hall–Kier alpha value is -2.73. The van der Waals surface area contributed by atoms with Gasteiger partial charge in [0.1, 0.15) is 17.5 Å². The van der Waals surface area contributed by atoms with E-state index < -0.39 is 11.9 Å². The molecule has 2 aromatic carbocycles. The van der Waals surface area contributed by atoms with Crippen molar-refractivity contribution in [2.24, 2.45) is 0 Å². The van der Waals surface area contributed by atoms with E-state index in [1.807, 2.05) is 38.1 Å². The first-order valence-electron chi connectivity index (χ1n) is 9.25. The number of fused-ring (bicyclic) bond motifs is 1. The average molecular weight is 403 g/mol. The number of phenols is 2. The summed E-state index contributed by atoms with van der Waals surface area (Å²) >= 11 is 5.94. The van der Waals surface area contributed by atoms with Crippen LogP contribution in [0.1, 0.15) is 35.3 Å². The molecule has 7 heteroatoms. The smallest absolute Gasteiger partial charge is 0.258 e. The van der Waals surface area contributed by atoms with E-state index in [0.717, 1.165) is 17.2 Å². The van der Waals surface area contributed by atoms with Crippen molar-refractivity contribution in [1.82, 2.24) is 9.80 Å². The monoisotopic (exact) mass is 402 g/mol. The number of hydrogen-bond donors (Lipinski definition) is 2. The molecule has 0 radical (unpaired) electrons. The van der Waals surface area contributed by atoms with Gasteiger partial charge in [-0.2, -0.15) is 0 Å². The number of likely N-dealkylation sites (N-methyl/N-ethyl adjacent to an activating group) is 1. The molecule has 2 N–H and O–H groups in total. The van der Waals surface area contributed by atoms with Crippen molar-refractivity contribution >= 4 is 23.4 Å². The van der Waals surface area contributed by atoms with Crippen LogP contribution in [0.2, 0.25) is 5.02 Å². The lowest BCUT2D eigenvalue weighted by atomic mass is 9.92. The number of amides is 2. The molecular formula is C21H23ClN2O4. The maximum absolute atomic E-state index is 13.3. The molecule has 0 bridgehead atoms. The fourth-order valence-electron chi connectivity index (χ4n) is 3.58. The summed E-state index contributed by atoms with van der Waals surface area (Å²) in [6.45, 7) is 5.15. The molecule has 0 aliphatic carbocycles. The van der Waals surface area contributed by atoms with E-state index in [9.17, 15) is 19.8 Å². The molecule has 1 atom stereocenters. The van der Waals surface area contributed by atoms with Gasteiger partial charge in [-0.3, -0.25) is 9.59 Å². The molecule has 1 aliphatic heterocycles. The standard InChI is InChI=1S/C21H23ClN2O4/c1-3-23(4-2)21(28)17-9-13-7-5-6-8-14(13)12-24(17)20(27)15-10-16(22)19(26)11-18(15)25/h5-8,10-11,17,25-26H,3-4,9,12H2,1-2H3/t17-/m0/s1. The van der Waals surface area contributed by atoms with Gasteiger partial charge in [0.2, 0.25) is 5.91 Å². The molecule has 0 fully saturated rings. The molecule has 2 aromatic rings. The van der Waals surface area contributed by atoms with Gasteiger partial charge < -0.3 is 20.0 Å². The van der Waals surface area contributed by atoms with Gasteiger partial charge in [0.25, 0.3) is 5.91 Å². The zero-order valence-corrected chi connectivity index (χ0v) is 16.6. The lowest BCUT2D eigenvalue weighted by Crippen LogP contribution is -2.53. The first kappa shape index (κ1) is 20.0. The van der Waals surface area contributed by atoms with E-state index in [1.165, 1.54) is 11.0 Å². The Bertz CT molecular complexity index is 911. The molecule has 6 nitrogen and oxygen atoms in total. The van der Waals surface area contributed by atoms with Crippen LogP contribution in [0, 0.1) is 0 Å². The first-order chi connectivity index (χ1) is 13.4. The van der Waals surface area contributed by atoms with Crippen molar-refractivity contribution in [3.8, 4) is 11.5 Å². The van der Waals surface area contributed by atoms with E-state index in [-0.39, 0.29) is 34.5 Å². The summed E-state index contributed by atoms with van der Waals surface area (Å²) in [5.41, 5.74) is 1.95. The SMILES string of the molecule is CCN(CC)C(=O)[C@@H]1Cc2ccccc2CN1C(=O)c1cc(Cl)c(O)cc1O. The van der Waals surface area contributed by atoms with Crippen LogP contribution in [0.4, 0.5) is 0 Å². The topological polar surface area (TPSA) is 81.1 Å². The Labute approximate surface area is 169 Å². The second-order valence-electron chi connectivity index (χ2n) is 6.75. The van der Waals surface area contributed by atoms with Crippen LogP contribution < -0.4 is 0 Å².